The fourth-order valence-corrected chi connectivity index (χ4v) is 4.38. The van der Waals surface area contributed by atoms with Crippen molar-refractivity contribution < 1.29 is 0 Å². The van der Waals surface area contributed by atoms with Crippen molar-refractivity contribution in [2.75, 3.05) is 10.9 Å². The lowest BCUT2D eigenvalue weighted by molar-refractivity contribution is 1.18. The minimum Gasteiger partial charge on any atom is -0.252 e. The van der Waals surface area contributed by atoms with Gasteiger partial charge in [0.25, 0.3) is 0 Å². The van der Waals surface area contributed by atoms with Crippen molar-refractivity contribution in [3.8, 4) is 0 Å². The number of fused-ring (bicyclic) bond motifs is 2. The molecule has 4 rings (SSSR count). The molecule has 142 valence electrons. The highest BCUT2D eigenvalue weighted by atomic mass is 32.1. The summed E-state index contributed by atoms with van der Waals surface area (Å²) in [6.45, 7) is 4.14. The van der Waals surface area contributed by atoms with E-state index in [9.17, 15) is 0 Å². The number of nitrogens with one attached hydrogen (secondary N) is 2. The number of para-hydroxylation sites is 2. The maximum atomic E-state index is 4.56. The van der Waals surface area contributed by atoms with Crippen LogP contribution in [0.4, 0.5) is 10.3 Å². The number of benzene rings is 2. The highest BCUT2D eigenvalue weighted by molar-refractivity contribution is 7.22. The molecule has 4 aromatic rings. The van der Waals surface area contributed by atoms with Crippen LogP contribution in [0.2, 0.25) is 0 Å². The van der Waals surface area contributed by atoms with E-state index >= 15 is 0 Å². The summed E-state index contributed by atoms with van der Waals surface area (Å²) in [5.74, 6) is 0. The Bertz CT molecular complexity index is 1000. The standard InChI is InChI=1S/C20H20N6S2/c1-3-13(23-25-19-21-15-9-5-7-11-17(15)27-19)14(4-2)24-26-20-22-16-10-6-8-12-18(16)28-20/h5-12H,3-4H2,1-2H3,(H,21,25)(H,22,26)/b23-13-,24-14-. The maximum absolute atomic E-state index is 4.56. The van der Waals surface area contributed by atoms with Crippen LogP contribution in [-0.2, 0) is 0 Å². The Morgan fingerprint density at radius 2 is 1.18 bits per heavy atom. The number of nitrogens with zero attached hydrogens (tertiary/aromatic N) is 4. The summed E-state index contributed by atoms with van der Waals surface area (Å²) in [5, 5.41) is 10.7. The van der Waals surface area contributed by atoms with E-state index in [0.29, 0.717) is 0 Å². The molecule has 28 heavy (non-hydrogen) atoms. The zero-order valence-corrected chi connectivity index (χ0v) is 17.3. The van der Waals surface area contributed by atoms with E-state index in [1.165, 1.54) is 0 Å². The first kappa shape index (κ1) is 18.5. The minimum atomic E-state index is 0.770. The molecule has 0 aliphatic carbocycles. The Morgan fingerprint density at radius 3 is 1.57 bits per heavy atom. The Labute approximate surface area is 171 Å². The van der Waals surface area contributed by atoms with Crippen molar-refractivity contribution in [3.05, 3.63) is 48.5 Å². The SMILES string of the molecule is CCC(=N/Nc1nc2ccccc2s1)/C(CC)=N\Nc1nc2ccccc2s1. The molecule has 0 radical (unpaired) electrons. The molecule has 0 saturated heterocycles. The maximum Gasteiger partial charge on any atom is 0.204 e. The lowest BCUT2D eigenvalue weighted by Crippen LogP contribution is -2.16. The van der Waals surface area contributed by atoms with Gasteiger partial charge in [-0.1, -0.05) is 60.8 Å². The molecule has 2 aromatic carbocycles. The number of hydrogen-bond acceptors (Lipinski definition) is 8. The third-order valence-electron chi connectivity index (χ3n) is 4.16. The van der Waals surface area contributed by atoms with E-state index in [1.54, 1.807) is 22.7 Å². The highest BCUT2D eigenvalue weighted by Crippen LogP contribution is 2.26. The molecule has 0 unspecified atom stereocenters. The highest BCUT2D eigenvalue weighted by Gasteiger charge is 2.08. The van der Waals surface area contributed by atoms with Crippen molar-refractivity contribution in [3.63, 3.8) is 0 Å². The molecule has 8 heteroatoms. The normalized spacial score (nSPS) is 12.6. The van der Waals surface area contributed by atoms with Gasteiger partial charge in [-0.3, -0.25) is 10.9 Å². The Kier molecular flexibility index (Phi) is 5.59. The van der Waals surface area contributed by atoms with E-state index in [-0.39, 0.29) is 0 Å². The molecule has 0 atom stereocenters. The number of anilines is 2. The quantitative estimate of drug-likeness (QED) is 0.292. The van der Waals surface area contributed by atoms with Crippen molar-refractivity contribution in [1.82, 2.24) is 9.97 Å². The summed E-state index contributed by atoms with van der Waals surface area (Å²) in [4.78, 5) is 9.12. The van der Waals surface area contributed by atoms with Crippen molar-refractivity contribution >= 4 is 64.8 Å². The molecule has 0 aliphatic rings. The average Bonchev–Trinajstić information content (AvgIpc) is 3.33. The molecule has 0 aliphatic heterocycles. The molecule has 0 saturated carbocycles. The summed E-state index contributed by atoms with van der Waals surface area (Å²) < 4.78 is 2.28. The van der Waals surface area contributed by atoms with Crippen LogP contribution in [0.1, 0.15) is 26.7 Å². The van der Waals surface area contributed by atoms with Crippen molar-refractivity contribution in [1.29, 1.82) is 0 Å². The van der Waals surface area contributed by atoms with Crippen LogP contribution >= 0.6 is 22.7 Å². The number of thiazole rings is 2. The average molecular weight is 409 g/mol. The number of aromatic nitrogens is 2. The van der Waals surface area contributed by atoms with Crippen LogP contribution in [0.25, 0.3) is 20.4 Å². The molecule has 2 heterocycles. The van der Waals surface area contributed by atoms with Gasteiger partial charge in [0.2, 0.25) is 10.3 Å². The third kappa shape index (κ3) is 4.02. The van der Waals surface area contributed by atoms with Crippen LogP contribution < -0.4 is 10.9 Å². The molecular formula is C20H20N6S2. The van der Waals surface area contributed by atoms with Crippen LogP contribution in [-0.4, -0.2) is 21.4 Å². The predicted molar refractivity (Wildman–Crippen MR) is 122 cm³/mol. The Balaban J connectivity index is 1.51. The molecule has 0 spiro atoms. The molecular weight excluding hydrogens is 388 g/mol. The van der Waals surface area contributed by atoms with Gasteiger partial charge in [0.05, 0.1) is 31.9 Å². The van der Waals surface area contributed by atoms with Crippen LogP contribution in [0, 0.1) is 0 Å². The van der Waals surface area contributed by atoms with Gasteiger partial charge in [-0.2, -0.15) is 10.2 Å². The second-order valence-corrected chi connectivity index (χ2v) is 8.08. The smallest absolute Gasteiger partial charge is 0.204 e. The zero-order valence-electron chi connectivity index (χ0n) is 15.6. The summed E-state index contributed by atoms with van der Waals surface area (Å²) in [6.07, 6.45) is 1.54. The lowest BCUT2D eigenvalue weighted by atomic mass is 10.1. The lowest BCUT2D eigenvalue weighted by Gasteiger charge is -2.06. The Hall–Kier alpha value is -2.84. The topological polar surface area (TPSA) is 74.6 Å². The molecule has 0 bridgehead atoms. The third-order valence-corrected chi connectivity index (χ3v) is 6.05. The summed E-state index contributed by atoms with van der Waals surface area (Å²) in [6, 6.07) is 16.1. The molecule has 0 fully saturated rings. The predicted octanol–water partition coefficient (Wildman–Crippen LogP) is 5.96. The van der Waals surface area contributed by atoms with E-state index in [0.717, 1.165) is 55.0 Å². The fourth-order valence-electron chi connectivity index (χ4n) is 2.77. The van der Waals surface area contributed by atoms with Gasteiger partial charge in [-0.25, -0.2) is 9.97 Å². The van der Waals surface area contributed by atoms with Gasteiger partial charge in [0.1, 0.15) is 0 Å². The van der Waals surface area contributed by atoms with Crippen molar-refractivity contribution in [2.45, 2.75) is 26.7 Å². The van der Waals surface area contributed by atoms with Crippen LogP contribution in [0.5, 0.6) is 0 Å². The van der Waals surface area contributed by atoms with Crippen LogP contribution in [0.15, 0.2) is 58.7 Å². The van der Waals surface area contributed by atoms with E-state index in [2.05, 4.69) is 57.0 Å². The van der Waals surface area contributed by atoms with Gasteiger partial charge < -0.3 is 0 Å². The second kappa shape index (κ2) is 8.45. The summed E-state index contributed by atoms with van der Waals surface area (Å²) >= 11 is 3.18. The molecule has 6 nitrogen and oxygen atoms in total. The summed E-state index contributed by atoms with van der Waals surface area (Å²) in [5.41, 5.74) is 9.94. The van der Waals surface area contributed by atoms with Gasteiger partial charge in [0.15, 0.2) is 0 Å². The van der Waals surface area contributed by atoms with Gasteiger partial charge in [0, 0.05) is 0 Å². The van der Waals surface area contributed by atoms with E-state index < -0.39 is 0 Å². The Morgan fingerprint density at radius 1 is 0.750 bits per heavy atom. The monoisotopic (exact) mass is 408 g/mol. The first-order valence-electron chi connectivity index (χ1n) is 9.13. The first-order chi connectivity index (χ1) is 13.8. The first-order valence-corrected chi connectivity index (χ1v) is 10.8. The minimum absolute atomic E-state index is 0.770. The number of rotatable bonds is 7. The number of hydrazone groups is 2. The van der Waals surface area contributed by atoms with Gasteiger partial charge in [-0.15, -0.1) is 0 Å². The summed E-state index contributed by atoms with van der Waals surface area (Å²) in [7, 11) is 0. The molecule has 0 amide bonds. The van der Waals surface area contributed by atoms with E-state index in [1.807, 2.05) is 36.4 Å². The largest absolute Gasteiger partial charge is 0.252 e. The number of hydrogen-bond donors (Lipinski definition) is 2. The second-order valence-electron chi connectivity index (χ2n) is 6.02. The molecule has 2 aromatic heterocycles. The van der Waals surface area contributed by atoms with E-state index in [4.69, 9.17) is 0 Å². The van der Waals surface area contributed by atoms with Gasteiger partial charge >= 0.3 is 0 Å². The fraction of sp³-hybridized carbons (Fsp3) is 0.200. The zero-order chi connectivity index (χ0) is 19.3. The van der Waals surface area contributed by atoms with Gasteiger partial charge in [-0.05, 0) is 37.1 Å². The molecule has 2 N–H and O–H groups in total. The van der Waals surface area contributed by atoms with Crippen molar-refractivity contribution in [2.24, 2.45) is 10.2 Å². The van der Waals surface area contributed by atoms with Crippen LogP contribution in [0.3, 0.4) is 0 Å².